The maximum absolute atomic E-state index is 13.0. The van der Waals surface area contributed by atoms with Gasteiger partial charge in [0.25, 0.3) is 5.91 Å². The molecule has 8 nitrogen and oxygen atoms in total. The lowest BCUT2D eigenvalue weighted by Crippen LogP contribution is -2.56. The molecular weight excluding hydrogens is 408 g/mol. The van der Waals surface area contributed by atoms with Crippen LogP contribution in [0.25, 0.3) is 0 Å². The van der Waals surface area contributed by atoms with Crippen molar-refractivity contribution in [2.75, 3.05) is 51.3 Å². The molecule has 3 rings (SSSR count). The lowest BCUT2D eigenvalue weighted by molar-refractivity contribution is -0.137. The van der Waals surface area contributed by atoms with Gasteiger partial charge in [-0.25, -0.2) is 0 Å². The van der Waals surface area contributed by atoms with E-state index in [9.17, 15) is 14.4 Å². The molecule has 2 amide bonds. The molecule has 8 heteroatoms. The summed E-state index contributed by atoms with van der Waals surface area (Å²) in [5, 5.41) is 5.75. The third kappa shape index (κ3) is 6.29. The summed E-state index contributed by atoms with van der Waals surface area (Å²) in [6.45, 7) is 10.1. The molecule has 0 bridgehead atoms. The highest BCUT2D eigenvalue weighted by atomic mass is 16.5. The van der Waals surface area contributed by atoms with E-state index in [0.29, 0.717) is 18.6 Å². The minimum Gasteiger partial charge on any atom is -0.373 e. The van der Waals surface area contributed by atoms with Crippen LogP contribution in [-0.4, -0.2) is 81.0 Å². The molecule has 32 heavy (non-hydrogen) atoms. The maximum Gasteiger partial charge on any atom is 0.252 e. The van der Waals surface area contributed by atoms with Crippen LogP contribution in [0.4, 0.5) is 5.69 Å². The minimum atomic E-state index is -0.711. The summed E-state index contributed by atoms with van der Waals surface area (Å²) in [6, 6.07) is 6.25. The number of anilines is 1. The highest BCUT2D eigenvalue weighted by molar-refractivity contribution is 5.99. The Hall–Kier alpha value is -2.45. The molecule has 2 aliphatic heterocycles. The van der Waals surface area contributed by atoms with Crippen LogP contribution in [0.1, 0.15) is 37.6 Å². The van der Waals surface area contributed by atoms with Crippen molar-refractivity contribution in [3.63, 3.8) is 0 Å². The second-order valence-electron chi connectivity index (χ2n) is 9.44. The van der Waals surface area contributed by atoms with Crippen molar-refractivity contribution >= 4 is 23.3 Å². The van der Waals surface area contributed by atoms with Gasteiger partial charge in [0.15, 0.2) is 5.78 Å². The monoisotopic (exact) mass is 444 g/mol. The zero-order valence-electron chi connectivity index (χ0n) is 19.6. The van der Waals surface area contributed by atoms with Gasteiger partial charge in [-0.15, -0.1) is 0 Å². The van der Waals surface area contributed by atoms with E-state index in [1.807, 2.05) is 39.0 Å². The number of carbonyl (C=O) groups is 3. The lowest BCUT2D eigenvalue weighted by Gasteiger charge is -2.34. The molecule has 2 aliphatic rings. The highest BCUT2D eigenvalue weighted by Gasteiger charge is 2.33. The van der Waals surface area contributed by atoms with Crippen LogP contribution < -0.4 is 15.5 Å². The topological polar surface area (TPSA) is 91.0 Å². The Labute approximate surface area is 190 Å². The SMILES string of the molecule is CC(C)CC(NC(=O)c1cccc(N2CCN(C)CC2)c1)C(=O)N[C@@H]1C(=O)COC[C@H]1C. The molecule has 0 radical (unpaired) electrons. The largest absolute Gasteiger partial charge is 0.373 e. The van der Waals surface area contributed by atoms with E-state index in [2.05, 4.69) is 27.5 Å². The molecule has 1 unspecified atom stereocenters. The average molecular weight is 445 g/mol. The van der Waals surface area contributed by atoms with E-state index < -0.39 is 12.1 Å². The van der Waals surface area contributed by atoms with Gasteiger partial charge >= 0.3 is 0 Å². The van der Waals surface area contributed by atoms with Crippen molar-refractivity contribution in [1.29, 1.82) is 0 Å². The number of rotatable bonds is 7. The molecule has 1 aromatic rings. The van der Waals surface area contributed by atoms with Crippen LogP contribution in [-0.2, 0) is 14.3 Å². The number of piperazine rings is 1. The number of likely N-dealkylation sites (N-methyl/N-ethyl adjacent to an activating group) is 1. The molecule has 2 heterocycles. The van der Waals surface area contributed by atoms with Crippen molar-refractivity contribution in [1.82, 2.24) is 15.5 Å². The fraction of sp³-hybridized carbons (Fsp3) is 0.625. The van der Waals surface area contributed by atoms with E-state index in [1.165, 1.54) is 0 Å². The standard InChI is InChI=1S/C24H36N4O4/c1-16(2)12-20(24(31)26-22-17(3)14-32-15-21(22)29)25-23(30)18-6-5-7-19(13-18)28-10-8-27(4)9-11-28/h5-7,13,16-17,20,22H,8-12,14-15H2,1-4H3,(H,25,30)(H,26,31)/t17-,20?,22+/m1/s1. The Bertz CT molecular complexity index is 820. The van der Waals surface area contributed by atoms with E-state index in [0.717, 1.165) is 31.9 Å². The summed E-state index contributed by atoms with van der Waals surface area (Å²) in [5.74, 6) is -0.643. The normalized spacial score (nSPS) is 23.2. The smallest absolute Gasteiger partial charge is 0.252 e. The summed E-state index contributed by atoms with van der Waals surface area (Å²) in [4.78, 5) is 42.8. The molecular formula is C24H36N4O4. The maximum atomic E-state index is 13.0. The van der Waals surface area contributed by atoms with Gasteiger partial charge in [-0.3, -0.25) is 14.4 Å². The third-order valence-electron chi connectivity index (χ3n) is 6.14. The van der Waals surface area contributed by atoms with Crippen molar-refractivity contribution < 1.29 is 19.1 Å². The second kappa shape index (κ2) is 10.9. The molecule has 0 spiro atoms. The summed E-state index contributed by atoms with van der Waals surface area (Å²) >= 11 is 0. The number of ether oxygens (including phenoxy) is 1. The minimum absolute atomic E-state index is 0.00950. The molecule has 2 saturated heterocycles. The number of benzene rings is 1. The number of hydrogen-bond acceptors (Lipinski definition) is 6. The van der Waals surface area contributed by atoms with Crippen LogP contribution in [0.3, 0.4) is 0 Å². The average Bonchev–Trinajstić information content (AvgIpc) is 2.76. The number of amides is 2. The first-order chi connectivity index (χ1) is 15.2. The quantitative estimate of drug-likeness (QED) is 0.659. The first-order valence-electron chi connectivity index (χ1n) is 11.5. The van der Waals surface area contributed by atoms with Crippen LogP contribution in [0.2, 0.25) is 0 Å². The first-order valence-corrected chi connectivity index (χ1v) is 11.5. The summed E-state index contributed by atoms with van der Waals surface area (Å²) in [5.41, 5.74) is 1.54. The molecule has 2 fully saturated rings. The number of carbonyl (C=O) groups excluding carboxylic acids is 3. The van der Waals surface area contributed by atoms with Gasteiger partial charge < -0.3 is 25.2 Å². The van der Waals surface area contributed by atoms with Crippen molar-refractivity contribution in [3.05, 3.63) is 29.8 Å². The molecule has 176 valence electrons. The number of ketones is 1. The highest BCUT2D eigenvalue weighted by Crippen LogP contribution is 2.19. The predicted octanol–water partition coefficient (Wildman–Crippen LogP) is 1.30. The van der Waals surface area contributed by atoms with Crippen LogP contribution in [0.15, 0.2) is 24.3 Å². The Kier molecular flexibility index (Phi) is 8.26. The molecule has 3 atom stereocenters. The number of nitrogens with zero attached hydrogens (tertiary/aromatic N) is 2. The predicted molar refractivity (Wildman–Crippen MR) is 124 cm³/mol. The molecule has 0 aromatic heterocycles. The first kappa shape index (κ1) is 24.2. The Morgan fingerprint density at radius 2 is 1.91 bits per heavy atom. The third-order valence-corrected chi connectivity index (χ3v) is 6.14. The molecule has 0 aliphatic carbocycles. The lowest BCUT2D eigenvalue weighted by atomic mass is 9.95. The van der Waals surface area contributed by atoms with E-state index in [4.69, 9.17) is 4.74 Å². The van der Waals surface area contributed by atoms with Gasteiger partial charge in [-0.2, -0.15) is 0 Å². The van der Waals surface area contributed by atoms with Crippen LogP contribution in [0.5, 0.6) is 0 Å². The van der Waals surface area contributed by atoms with E-state index in [-0.39, 0.29) is 36.0 Å². The molecule has 1 aromatic carbocycles. The summed E-state index contributed by atoms with van der Waals surface area (Å²) < 4.78 is 5.24. The van der Waals surface area contributed by atoms with Crippen molar-refractivity contribution in [2.45, 2.75) is 39.3 Å². The van der Waals surface area contributed by atoms with Gasteiger partial charge in [-0.1, -0.05) is 26.8 Å². The molecule has 0 saturated carbocycles. The zero-order chi connectivity index (χ0) is 23.3. The zero-order valence-corrected chi connectivity index (χ0v) is 19.6. The van der Waals surface area contributed by atoms with Crippen molar-refractivity contribution in [3.8, 4) is 0 Å². The fourth-order valence-corrected chi connectivity index (χ4v) is 4.18. The van der Waals surface area contributed by atoms with Crippen LogP contribution in [0, 0.1) is 11.8 Å². The van der Waals surface area contributed by atoms with Crippen molar-refractivity contribution in [2.24, 2.45) is 11.8 Å². The van der Waals surface area contributed by atoms with Crippen LogP contribution >= 0.6 is 0 Å². The summed E-state index contributed by atoms with van der Waals surface area (Å²) in [7, 11) is 2.11. The van der Waals surface area contributed by atoms with E-state index >= 15 is 0 Å². The van der Waals surface area contributed by atoms with Gasteiger partial charge in [0.2, 0.25) is 5.91 Å². The number of Topliss-reactive ketones (excluding diaryl/α,β-unsaturated/α-hetero) is 1. The Morgan fingerprint density at radius 3 is 2.56 bits per heavy atom. The van der Waals surface area contributed by atoms with Gasteiger partial charge in [0.05, 0.1) is 12.6 Å². The Balaban J connectivity index is 1.68. The van der Waals surface area contributed by atoms with Gasteiger partial charge in [0.1, 0.15) is 12.6 Å². The molecule has 2 N–H and O–H groups in total. The number of hydrogen-bond donors (Lipinski definition) is 2. The summed E-state index contributed by atoms with van der Waals surface area (Å²) in [6.07, 6.45) is 0.488. The fourth-order valence-electron chi connectivity index (χ4n) is 4.18. The van der Waals surface area contributed by atoms with Gasteiger partial charge in [0, 0.05) is 43.3 Å². The number of nitrogens with one attached hydrogen (secondary N) is 2. The Morgan fingerprint density at radius 1 is 1.19 bits per heavy atom. The van der Waals surface area contributed by atoms with Gasteiger partial charge in [-0.05, 0) is 37.6 Å². The van der Waals surface area contributed by atoms with E-state index in [1.54, 1.807) is 6.07 Å². The second-order valence-corrected chi connectivity index (χ2v) is 9.44.